The van der Waals surface area contributed by atoms with E-state index in [2.05, 4.69) is 4.98 Å². The second-order valence-electron chi connectivity index (χ2n) is 6.00. The average molecular weight is 339 g/mol. The van der Waals surface area contributed by atoms with E-state index in [1.807, 2.05) is 31.2 Å². The molecule has 0 fully saturated rings. The molecule has 0 saturated heterocycles. The van der Waals surface area contributed by atoms with E-state index in [9.17, 15) is 4.79 Å². The van der Waals surface area contributed by atoms with E-state index in [1.165, 1.54) is 0 Å². The minimum absolute atomic E-state index is 0.0120. The van der Waals surface area contributed by atoms with Gasteiger partial charge in [0.25, 0.3) is 0 Å². The molecule has 0 aliphatic heterocycles. The fraction of sp³-hybridized carbons (Fsp3) is 0.263. The van der Waals surface area contributed by atoms with Crippen molar-refractivity contribution in [2.45, 2.75) is 13.3 Å². The quantitative estimate of drug-likeness (QED) is 0.722. The monoisotopic (exact) mass is 339 g/mol. The highest BCUT2D eigenvalue weighted by Gasteiger charge is 2.19. The lowest BCUT2D eigenvalue weighted by molar-refractivity contribution is 0.0849. The van der Waals surface area contributed by atoms with Crippen LogP contribution in [0.5, 0.6) is 11.5 Å². The van der Waals surface area contributed by atoms with Crippen LogP contribution >= 0.6 is 0 Å². The number of benzene rings is 2. The molecule has 0 aliphatic rings. The molecule has 130 valence electrons. The number of aromatic nitrogens is 2. The van der Waals surface area contributed by atoms with Gasteiger partial charge < -0.3 is 15.2 Å². The molecule has 3 rings (SSSR count). The van der Waals surface area contributed by atoms with Crippen molar-refractivity contribution in [1.82, 2.24) is 9.55 Å². The lowest BCUT2D eigenvalue weighted by atomic mass is 10.00. The third kappa shape index (κ3) is 3.28. The van der Waals surface area contributed by atoms with Gasteiger partial charge in [-0.25, -0.2) is 4.98 Å². The molecule has 0 aliphatic carbocycles. The van der Waals surface area contributed by atoms with E-state index in [1.54, 1.807) is 37.2 Å². The van der Waals surface area contributed by atoms with Crippen LogP contribution in [0, 0.1) is 5.92 Å². The molecular formula is C19H21N3O3. The van der Waals surface area contributed by atoms with Gasteiger partial charge in [-0.05, 0) is 42.3 Å². The predicted octanol–water partition coefficient (Wildman–Crippen LogP) is 3.15. The van der Waals surface area contributed by atoms with Gasteiger partial charge in [0.1, 0.15) is 6.33 Å². The van der Waals surface area contributed by atoms with Crippen molar-refractivity contribution in [1.29, 1.82) is 0 Å². The Kier molecular flexibility index (Phi) is 4.61. The molecule has 0 bridgehead atoms. The highest BCUT2D eigenvalue weighted by molar-refractivity contribution is 5.92. The first-order valence-electron chi connectivity index (χ1n) is 8.01. The summed E-state index contributed by atoms with van der Waals surface area (Å²) >= 11 is 0. The molecule has 0 saturated carbocycles. The van der Waals surface area contributed by atoms with Gasteiger partial charge >= 0.3 is 0 Å². The highest BCUT2D eigenvalue weighted by atomic mass is 16.5. The van der Waals surface area contributed by atoms with Gasteiger partial charge in [0.15, 0.2) is 11.5 Å². The summed E-state index contributed by atoms with van der Waals surface area (Å²) in [6.45, 7) is 1.90. The van der Waals surface area contributed by atoms with Crippen LogP contribution < -0.4 is 15.2 Å². The molecule has 3 aromatic rings. The Morgan fingerprint density at radius 3 is 2.64 bits per heavy atom. The minimum atomic E-state index is -0.215. The summed E-state index contributed by atoms with van der Waals surface area (Å²) in [6.07, 6.45) is 2.14. The molecular weight excluding hydrogens is 318 g/mol. The molecule has 0 spiro atoms. The number of methoxy groups -OCH3 is 2. The van der Waals surface area contributed by atoms with Crippen molar-refractivity contribution in [3.05, 3.63) is 48.3 Å². The number of carbonyl (C=O) groups is 1. The zero-order valence-electron chi connectivity index (χ0n) is 14.5. The summed E-state index contributed by atoms with van der Waals surface area (Å²) in [4.78, 5) is 17.1. The smallest absolute Gasteiger partial charge is 0.235 e. The van der Waals surface area contributed by atoms with Crippen LogP contribution in [0.3, 0.4) is 0 Å². The van der Waals surface area contributed by atoms with Crippen LogP contribution in [0.25, 0.3) is 11.0 Å². The van der Waals surface area contributed by atoms with Gasteiger partial charge in [-0.15, -0.1) is 0 Å². The van der Waals surface area contributed by atoms with Gasteiger partial charge in [0, 0.05) is 11.6 Å². The summed E-state index contributed by atoms with van der Waals surface area (Å²) in [5, 5.41) is 0. The number of nitrogen functional groups attached to an aromatic ring is 1. The minimum Gasteiger partial charge on any atom is -0.493 e. The fourth-order valence-electron chi connectivity index (χ4n) is 2.89. The van der Waals surface area contributed by atoms with Gasteiger partial charge in [-0.2, -0.15) is 0 Å². The van der Waals surface area contributed by atoms with E-state index >= 15 is 0 Å². The largest absolute Gasteiger partial charge is 0.493 e. The van der Waals surface area contributed by atoms with Crippen LogP contribution in [0.1, 0.15) is 17.3 Å². The van der Waals surface area contributed by atoms with Gasteiger partial charge in [-0.1, -0.05) is 13.0 Å². The molecule has 2 N–H and O–H groups in total. The van der Waals surface area contributed by atoms with E-state index in [0.717, 1.165) is 11.1 Å². The Labute approximate surface area is 146 Å². The third-order valence-corrected chi connectivity index (χ3v) is 4.22. The lowest BCUT2D eigenvalue weighted by Gasteiger charge is -2.14. The van der Waals surface area contributed by atoms with Crippen molar-refractivity contribution in [3.63, 3.8) is 0 Å². The molecule has 6 heteroatoms. The number of imidazole rings is 1. The molecule has 2 aromatic carbocycles. The number of fused-ring (bicyclic) bond motifs is 1. The maximum atomic E-state index is 12.8. The van der Waals surface area contributed by atoms with E-state index < -0.39 is 0 Å². The van der Waals surface area contributed by atoms with Gasteiger partial charge in [0.2, 0.25) is 5.91 Å². The molecule has 6 nitrogen and oxygen atoms in total. The summed E-state index contributed by atoms with van der Waals surface area (Å²) < 4.78 is 12.2. The standard InChI is InChI=1S/C19H21N3O3/c1-12(8-13-4-7-17(24-2)18(9-13)25-3)19(23)22-11-21-15-10-14(20)5-6-16(15)22/h4-7,9-12H,8,20H2,1-3H3. The Balaban J connectivity index is 1.82. The predicted molar refractivity (Wildman–Crippen MR) is 97.2 cm³/mol. The molecule has 1 unspecified atom stereocenters. The van der Waals surface area contributed by atoms with Gasteiger partial charge in [0.05, 0.1) is 25.3 Å². The van der Waals surface area contributed by atoms with Crippen molar-refractivity contribution in [3.8, 4) is 11.5 Å². The van der Waals surface area contributed by atoms with Crippen molar-refractivity contribution < 1.29 is 14.3 Å². The summed E-state index contributed by atoms with van der Waals surface area (Å²) in [7, 11) is 3.19. The van der Waals surface area contributed by atoms with E-state index in [0.29, 0.717) is 29.1 Å². The number of carbonyl (C=O) groups excluding carboxylic acids is 1. The highest BCUT2D eigenvalue weighted by Crippen LogP contribution is 2.29. The van der Waals surface area contributed by atoms with Crippen molar-refractivity contribution in [2.24, 2.45) is 5.92 Å². The number of hydrogen-bond donors (Lipinski definition) is 1. The second kappa shape index (κ2) is 6.84. The number of nitrogens with zero attached hydrogens (tertiary/aromatic N) is 2. The van der Waals surface area contributed by atoms with E-state index in [-0.39, 0.29) is 11.8 Å². The first kappa shape index (κ1) is 16.8. The zero-order chi connectivity index (χ0) is 18.0. The Bertz CT molecular complexity index is 917. The van der Waals surface area contributed by atoms with Crippen LogP contribution in [0.4, 0.5) is 5.69 Å². The van der Waals surface area contributed by atoms with Crippen LogP contribution in [0.15, 0.2) is 42.7 Å². The molecule has 25 heavy (non-hydrogen) atoms. The Morgan fingerprint density at radius 2 is 1.92 bits per heavy atom. The Morgan fingerprint density at radius 1 is 1.16 bits per heavy atom. The normalized spacial score (nSPS) is 12.1. The molecule has 1 atom stereocenters. The van der Waals surface area contributed by atoms with Crippen molar-refractivity contribution in [2.75, 3.05) is 20.0 Å². The maximum Gasteiger partial charge on any atom is 0.235 e. The average Bonchev–Trinajstić information content (AvgIpc) is 3.03. The van der Waals surface area contributed by atoms with Crippen molar-refractivity contribution >= 4 is 22.6 Å². The number of anilines is 1. The third-order valence-electron chi connectivity index (χ3n) is 4.22. The van der Waals surface area contributed by atoms with E-state index in [4.69, 9.17) is 15.2 Å². The molecule has 1 heterocycles. The summed E-state index contributed by atoms with van der Waals surface area (Å²) in [5.74, 6) is 1.10. The summed E-state index contributed by atoms with van der Waals surface area (Å²) in [6, 6.07) is 11.0. The number of rotatable bonds is 5. The molecule has 0 radical (unpaired) electrons. The number of nitrogens with two attached hydrogens (primary N) is 1. The first-order chi connectivity index (χ1) is 12.0. The first-order valence-corrected chi connectivity index (χ1v) is 8.01. The Hall–Kier alpha value is -3.02. The zero-order valence-corrected chi connectivity index (χ0v) is 14.5. The van der Waals surface area contributed by atoms with Crippen LogP contribution in [-0.4, -0.2) is 29.7 Å². The number of ether oxygens (including phenoxy) is 2. The summed E-state index contributed by atoms with van der Waals surface area (Å²) in [5.41, 5.74) is 8.88. The second-order valence-corrected chi connectivity index (χ2v) is 6.00. The van der Waals surface area contributed by atoms with Gasteiger partial charge in [-0.3, -0.25) is 9.36 Å². The van der Waals surface area contributed by atoms with Crippen LogP contribution in [0.2, 0.25) is 0 Å². The SMILES string of the molecule is COc1ccc(CC(C)C(=O)n2cnc3cc(N)ccc32)cc1OC. The maximum absolute atomic E-state index is 12.8. The topological polar surface area (TPSA) is 79.4 Å². The number of hydrogen-bond acceptors (Lipinski definition) is 5. The lowest BCUT2D eigenvalue weighted by Crippen LogP contribution is -2.20. The molecule has 0 amide bonds. The van der Waals surface area contributed by atoms with Crippen LogP contribution in [-0.2, 0) is 6.42 Å². The fourth-order valence-corrected chi connectivity index (χ4v) is 2.89. The molecule has 1 aromatic heterocycles.